The molecule has 0 fully saturated rings. The van der Waals surface area contributed by atoms with Gasteiger partial charge in [-0.05, 0) is 12.0 Å². The van der Waals surface area contributed by atoms with Gasteiger partial charge in [0.2, 0.25) is 0 Å². The molecule has 0 saturated heterocycles. The number of aliphatic carboxylic acids is 1. The van der Waals surface area contributed by atoms with Gasteiger partial charge in [-0.25, -0.2) is 0 Å². The van der Waals surface area contributed by atoms with Crippen molar-refractivity contribution in [2.75, 3.05) is 0 Å². The van der Waals surface area contributed by atoms with Crippen molar-refractivity contribution in [3.05, 3.63) is 35.9 Å². The predicted molar refractivity (Wildman–Crippen MR) is 46.9 cm³/mol. The first-order valence-electron chi connectivity index (χ1n) is 3.72. The van der Waals surface area contributed by atoms with Crippen molar-refractivity contribution >= 4 is 5.97 Å². The summed E-state index contributed by atoms with van der Waals surface area (Å²) in [6, 6.07) is 8.54. The molecular formula is C9H12LiNO2. The van der Waals surface area contributed by atoms with Gasteiger partial charge in [0.25, 0.3) is 0 Å². The van der Waals surface area contributed by atoms with Crippen molar-refractivity contribution < 1.29 is 30.2 Å². The molecule has 13 heavy (non-hydrogen) atoms. The first-order chi connectivity index (χ1) is 5.70. The van der Waals surface area contributed by atoms with E-state index in [0.717, 1.165) is 5.56 Å². The third kappa shape index (κ3) is 4.14. The molecule has 1 rings (SSSR count). The van der Waals surface area contributed by atoms with Crippen molar-refractivity contribution in [1.29, 1.82) is 0 Å². The van der Waals surface area contributed by atoms with Crippen molar-refractivity contribution in [3.8, 4) is 0 Å². The standard InChI is InChI=1S/C9H11NO2.Li.H/c10-8(9(11)12)6-7-4-2-1-3-5-7;;/h1-5,8H,6,10H2,(H,11,12);;/q;+1;-1/t8-;;/m1../s1. The van der Waals surface area contributed by atoms with Gasteiger partial charge in [-0.15, -0.1) is 0 Å². The Balaban J connectivity index is 0. The zero-order valence-corrected chi connectivity index (χ0v) is 7.60. The van der Waals surface area contributed by atoms with Crippen LogP contribution in [0, 0.1) is 0 Å². The molecule has 0 aliphatic rings. The Morgan fingerprint density at radius 2 is 2.00 bits per heavy atom. The number of carboxylic acid groups (broad SMARTS) is 1. The Morgan fingerprint density at radius 3 is 2.46 bits per heavy atom. The Kier molecular flexibility index (Phi) is 5.48. The molecule has 0 bridgehead atoms. The molecule has 0 spiro atoms. The molecule has 3 N–H and O–H groups in total. The van der Waals surface area contributed by atoms with E-state index in [9.17, 15) is 4.79 Å². The van der Waals surface area contributed by atoms with Crippen LogP contribution in [0.15, 0.2) is 30.3 Å². The average Bonchev–Trinajstić information content (AvgIpc) is 2.06. The number of carbonyl (C=O) groups is 1. The van der Waals surface area contributed by atoms with Gasteiger partial charge in [-0.2, -0.15) is 0 Å². The Morgan fingerprint density at radius 1 is 1.46 bits per heavy atom. The van der Waals surface area contributed by atoms with Crippen LogP contribution in [-0.4, -0.2) is 17.1 Å². The molecule has 1 aromatic rings. The Labute approximate surface area is 90.6 Å². The van der Waals surface area contributed by atoms with Gasteiger partial charge in [0.05, 0.1) is 0 Å². The number of rotatable bonds is 3. The molecule has 1 atom stereocenters. The molecule has 0 unspecified atom stereocenters. The van der Waals surface area contributed by atoms with Crippen LogP contribution in [0.1, 0.15) is 6.99 Å². The molecular weight excluding hydrogens is 161 g/mol. The molecule has 3 nitrogen and oxygen atoms in total. The van der Waals surface area contributed by atoms with Crippen molar-refractivity contribution in [1.82, 2.24) is 0 Å². The molecule has 1 aromatic carbocycles. The van der Waals surface area contributed by atoms with Crippen LogP contribution in [0.2, 0.25) is 0 Å². The summed E-state index contributed by atoms with van der Waals surface area (Å²) in [6.07, 6.45) is 0.385. The molecule has 0 heterocycles. The van der Waals surface area contributed by atoms with E-state index < -0.39 is 12.0 Å². The van der Waals surface area contributed by atoms with Gasteiger partial charge >= 0.3 is 24.8 Å². The summed E-state index contributed by atoms with van der Waals surface area (Å²) in [5.74, 6) is -0.959. The fraction of sp³-hybridized carbons (Fsp3) is 0.222. The van der Waals surface area contributed by atoms with Crippen LogP contribution in [0.3, 0.4) is 0 Å². The summed E-state index contributed by atoms with van der Waals surface area (Å²) < 4.78 is 0. The summed E-state index contributed by atoms with van der Waals surface area (Å²) in [5, 5.41) is 8.52. The maximum Gasteiger partial charge on any atom is 1.00 e. The minimum atomic E-state index is -0.959. The van der Waals surface area contributed by atoms with Crippen LogP contribution in [0.5, 0.6) is 0 Å². The second-order valence-electron chi connectivity index (χ2n) is 2.63. The minimum absolute atomic E-state index is 0. The van der Waals surface area contributed by atoms with E-state index in [2.05, 4.69) is 0 Å². The summed E-state index contributed by atoms with van der Waals surface area (Å²) >= 11 is 0. The quantitative estimate of drug-likeness (QED) is 0.508. The van der Waals surface area contributed by atoms with Gasteiger partial charge in [-0.1, -0.05) is 30.3 Å². The second-order valence-corrected chi connectivity index (χ2v) is 2.63. The molecule has 0 saturated carbocycles. The molecule has 4 heteroatoms. The summed E-state index contributed by atoms with van der Waals surface area (Å²) in [4.78, 5) is 10.4. The van der Waals surface area contributed by atoms with Crippen LogP contribution < -0.4 is 24.6 Å². The number of nitrogens with two attached hydrogens (primary N) is 1. The van der Waals surface area contributed by atoms with Gasteiger partial charge in [0.1, 0.15) is 6.04 Å². The third-order valence-corrected chi connectivity index (χ3v) is 1.62. The van der Waals surface area contributed by atoms with E-state index in [0.29, 0.717) is 6.42 Å². The number of hydrogen-bond acceptors (Lipinski definition) is 2. The first kappa shape index (κ1) is 12.2. The van der Waals surface area contributed by atoms with Gasteiger partial charge in [-0.3, -0.25) is 4.79 Å². The molecule has 0 amide bonds. The van der Waals surface area contributed by atoms with Gasteiger partial charge in [0, 0.05) is 0 Å². The molecule has 66 valence electrons. The maximum absolute atomic E-state index is 10.4. The fourth-order valence-corrected chi connectivity index (χ4v) is 0.955. The second kappa shape index (κ2) is 5.82. The van der Waals surface area contributed by atoms with Crippen molar-refractivity contribution in [2.24, 2.45) is 5.73 Å². The fourth-order valence-electron chi connectivity index (χ4n) is 0.955. The Bertz CT molecular complexity index is 269. The van der Waals surface area contributed by atoms with Gasteiger partial charge < -0.3 is 12.3 Å². The van der Waals surface area contributed by atoms with Crippen LogP contribution in [0.25, 0.3) is 0 Å². The van der Waals surface area contributed by atoms with Crippen LogP contribution in [-0.2, 0) is 11.2 Å². The van der Waals surface area contributed by atoms with E-state index in [-0.39, 0.29) is 20.3 Å². The van der Waals surface area contributed by atoms with Crippen molar-refractivity contribution in [2.45, 2.75) is 12.5 Å². The molecule has 0 aliphatic heterocycles. The maximum atomic E-state index is 10.4. The first-order valence-corrected chi connectivity index (χ1v) is 3.72. The van der Waals surface area contributed by atoms with E-state index in [1.54, 1.807) is 0 Å². The number of benzene rings is 1. The van der Waals surface area contributed by atoms with E-state index in [4.69, 9.17) is 10.8 Å². The topological polar surface area (TPSA) is 63.3 Å². The molecule has 0 radical (unpaired) electrons. The SMILES string of the molecule is N[C@H](Cc1ccccc1)C(=O)O.[H-].[Li+]. The summed E-state index contributed by atoms with van der Waals surface area (Å²) in [5.41, 5.74) is 6.30. The smallest absolute Gasteiger partial charge is 1.00 e. The number of carboxylic acids is 1. The zero-order chi connectivity index (χ0) is 8.97. The number of hydrogen-bond donors (Lipinski definition) is 2. The Hall–Kier alpha value is -0.753. The predicted octanol–water partition coefficient (Wildman–Crippen LogP) is -2.24. The normalized spacial score (nSPS) is 11.5. The minimum Gasteiger partial charge on any atom is -1.00 e. The van der Waals surface area contributed by atoms with Crippen LogP contribution in [0.4, 0.5) is 0 Å². The third-order valence-electron chi connectivity index (χ3n) is 1.62. The average molecular weight is 173 g/mol. The van der Waals surface area contributed by atoms with Gasteiger partial charge in [0.15, 0.2) is 0 Å². The van der Waals surface area contributed by atoms with E-state index in [1.165, 1.54) is 0 Å². The largest absolute Gasteiger partial charge is 1.00 e. The van der Waals surface area contributed by atoms with Crippen LogP contribution >= 0.6 is 0 Å². The summed E-state index contributed by atoms with van der Waals surface area (Å²) in [7, 11) is 0. The molecule has 0 aromatic heterocycles. The summed E-state index contributed by atoms with van der Waals surface area (Å²) in [6.45, 7) is 0. The zero-order valence-electron chi connectivity index (χ0n) is 8.60. The van der Waals surface area contributed by atoms with E-state index >= 15 is 0 Å². The van der Waals surface area contributed by atoms with E-state index in [1.807, 2.05) is 30.3 Å². The monoisotopic (exact) mass is 173 g/mol. The molecule has 0 aliphatic carbocycles. The van der Waals surface area contributed by atoms with Crippen molar-refractivity contribution in [3.63, 3.8) is 0 Å².